The van der Waals surface area contributed by atoms with Gasteiger partial charge in [-0.3, -0.25) is 0 Å². The fraction of sp³-hybridized carbons (Fsp3) is 0.0556. The van der Waals surface area contributed by atoms with Gasteiger partial charge in [0.05, 0.1) is 22.1 Å². The van der Waals surface area contributed by atoms with Crippen LogP contribution >= 0.6 is 0 Å². The number of rotatable bonds is 3. The largest absolute Gasteiger partial charge is 0.368 e. The maximum absolute atomic E-state index is 11.5. The number of hydrogen-bond acceptors (Lipinski definition) is 7. The Morgan fingerprint density at radius 3 is 2.68 bits per heavy atom. The number of hydrogen-bond donors (Lipinski definition) is 4. The molecule has 0 aliphatic heterocycles. The standard InChI is InChI=1S/C18H15N9O/c1-9-20-15(19)26-16(21-9)27-14-5-3-2-4-12(14)23-17(27)22-10-6-7-11-13(8-10)25-18(28)24-11/h2-8H,1H3,(H,22,23)(H2,24,25,28)(H2,19,20,21,26). The Morgan fingerprint density at radius 1 is 1.00 bits per heavy atom. The van der Waals surface area contributed by atoms with E-state index in [2.05, 4.69) is 35.2 Å². The molecule has 0 fully saturated rings. The summed E-state index contributed by atoms with van der Waals surface area (Å²) in [5.41, 5.74) is 9.34. The fourth-order valence-corrected chi connectivity index (χ4v) is 3.14. The molecule has 3 aromatic heterocycles. The maximum Gasteiger partial charge on any atom is 0.323 e. The number of aromatic amines is 2. The van der Waals surface area contributed by atoms with E-state index >= 15 is 0 Å². The topological polar surface area (TPSA) is 143 Å². The predicted molar refractivity (Wildman–Crippen MR) is 106 cm³/mol. The summed E-state index contributed by atoms with van der Waals surface area (Å²) in [6, 6.07) is 13.1. The molecule has 0 aliphatic rings. The fourth-order valence-electron chi connectivity index (χ4n) is 3.14. The van der Waals surface area contributed by atoms with Gasteiger partial charge in [0.15, 0.2) is 0 Å². The summed E-state index contributed by atoms with van der Waals surface area (Å²) in [7, 11) is 0. The summed E-state index contributed by atoms with van der Waals surface area (Å²) >= 11 is 0. The molecule has 0 atom stereocenters. The molecule has 0 radical (unpaired) electrons. The second kappa shape index (κ2) is 5.91. The number of anilines is 3. The van der Waals surface area contributed by atoms with Crippen LogP contribution in [0.25, 0.3) is 28.0 Å². The third-order valence-corrected chi connectivity index (χ3v) is 4.29. The van der Waals surface area contributed by atoms with Crippen LogP contribution in [0.1, 0.15) is 5.82 Å². The number of fused-ring (bicyclic) bond motifs is 2. The van der Waals surface area contributed by atoms with E-state index in [1.165, 1.54) is 0 Å². The highest BCUT2D eigenvalue weighted by Gasteiger charge is 2.16. The molecule has 5 rings (SSSR count). The normalized spacial score (nSPS) is 11.3. The molecule has 0 saturated heterocycles. The Morgan fingerprint density at radius 2 is 1.82 bits per heavy atom. The van der Waals surface area contributed by atoms with E-state index in [0.29, 0.717) is 23.2 Å². The Bertz CT molecular complexity index is 1380. The lowest BCUT2D eigenvalue weighted by molar-refractivity contribution is 0.894. The van der Waals surface area contributed by atoms with E-state index in [4.69, 9.17) is 5.73 Å². The third kappa shape index (κ3) is 2.63. The van der Waals surface area contributed by atoms with Gasteiger partial charge in [0, 0.05) is 5.69 Å². The number of para-hydroxylation sites is 2. The molecule has 5 N–H and O–H groups in total. The van der Waals surface area contributed by atoms with E-state index in [1.807, 2.05) is 42.5 Å². The van der Waals surface area contributed by atoms with Gasteiger partial charge in [0.2, 0.25) is 17.8 Å². The first-order valence-corrected chi connectivity index (χ1v) is 8.52. The first-order chi connectivity index (χ1) is 13.6. The zero-order valence-electron chi connectivity index (χ0n) is 14.8. The van der Waals surface area contributed by atoms with Crippen LogP contribution in [0.15, 0.2) is 47.3 Å². The molecule has 0 amide bonds. The highest BCUT2D eigenvalue weighted by molar-refractivity contribution is 5.83. The minimum atomic E-state index is -0.254. The molecular formula is C18H15N9O. The van der Waals surface area contributed by atoms with Gasteiger partial charge < -0.3 is 21.0 Å². The van der Waals surface area contributed by atoms with Crippen LogP contribution in [-0.4, -0.2) is 34.5 Å². The summed E-state index contributed by atoms with van der Waals surface area (Å²) in [6.45, 7) is 1.75. The molecule has 28 heavy (non-hydrogen) atoms. The van der Waals surface area contributed by atoms with Crippen molar-refractivity contribution in [1.29, 1.82) is 0 Å². The molecule has 0 spiro atoms. The molecule has 5 aromatic rings. The first kappa shape index (κ1) is 16.0. The highest BCUT2D eigenvalue weighted by Crippen LogP contribution is 2.26. The Kier molecular flexibility index (Phi) is 3.38. The van der Waals surface area contributed by atoms with Crippen LogP contribution in [0, 0.1) is 6.92 Å². The number of aryl methyl sites for hydroxylation is 1. The minimum Gasteiger partial charge on any atom is -0.368 e. The number of nitrogens with zero attached hydrogens (tertiary/aromatic N) is 5. The van der Waals surface area contributed by atoms with Crippen LogP contribution < -0.4 is 16.7 Å². The molecule has 138 valence electrons. The average molecular weight is 373 g/mol. The van der Waals surface area contributed by atoms with Crippen molar-refractivity contribution < 1.29 is 0 Å². The zero-order valence-corrected chi connectivity index (χ0v) is 14.8. The number of nitrogens with one attached hydrogen (secondary N) is 3. The number of nitrogen functional groups attached to an aromatic ring is 1. The van der Waals surface area contributed by atoms with Crippen molar-refractivity contribution in [2.75, 3.05) is 11.1 Å². The zero-order chi connectivity index (χ0) is 19.3. The van der Waals surface area contributed by atoms with Crippen LogP contribution in [0.4, 0.5) is 17.6 Å². The van der Waals surface area contributed by atoms with Crippen LogP contribution in [0.3, 0.4) is 0 Å². The summed E-state index contributed by atoms with van der Waals surface area (Å²) in [4.78, 5) is 34.3. The molecule has 0 unspecified atom stereocenters. The van der Waals surface area contributed by atoms with Crippen molar-refractivity contribution in [3.05, 3.63) is 58.8 Å². The van der Waals surface area contributed by atoms with E-state index < -0.39 is 0 Å². The summed E-state index contributed by atoms with van der Waals surface area (Å²) in [6.07, 6.45) is 0. The molecule has 3 heterocycles. The lowest BCUT2D eigenvalue weighted by Gasteiger charge is -2.10. The van der Waals surface area contributed by atoms with Gasteiger partial charge in [0.1, 0.15) is 5.82 Å². The maximum atomic E-state index is 11.5. The number of aromatic nitrogens is 7. The Hall–Kier alpha value is -4.21. The summed E-state index contributed by atoms with van der Waals surface area (Å²) in [5, 5.41) is 3.28. The molecular weight excluding hydrogens is 358 g/mol. The Labute approximate surface area is 157 Å². The van der Waals surface area contributed by atoms with Gasteiger partial charge >= 0.3 is 5.69 Å². The van der Waals surface area contributed by atoms with Crippen molar-refractivity contribution in [3.63, 3.8) is 0 Å². The number of benzene rings is 2. The lowest BCUT2D eigenvalue weighted by atomic mass is 10.3. The van der Waals surface area contributed by atoms with Crippen molar-refractivity contribution in [2.45, 2.75) is 6.92 Å². The molecule has 10 heteroatoms. The van der Waals surface area contributed by atoms with E-state index in [0.717, 1.165) is 22.2 Å². The van der Waals surface area contributed by atoms with Gasteiger partial charge in [-0.15, -0.1) is 0 Å². The van der Waals surface area contributed by atoms with E-state index in [1.54, 1.807) is 11.5 Å². The first-order valence-electron chi connectivity index (χ1n) is 8.52. The summed E-state index contributed by atoms with van der Waals surface area (Å²) < 4.78 is 1.78. The third-order valence-electron chi connectivity index (χ3n) is 4.29. The molecule has 0 bridgehead atoms. The van der Waals surface area contributed by atoms with Gasteiger partial charge in [-0.2, -0.15) is 15.0 Å². The van der Waals surface area contributed by atoms with Gasteiger partial charge in [-0.05, 0) is 37.3 Å². The second-order valence-corrected chi connectivity index (χ2v) is 6.26. The summed E-state index contributed by atoms with van der Waals surface area (Å²) in [5.74, 6) is 1.54. The SMILES string of the molecule is Cc1nc(N)nc(-n2c(Nc3ccc4[nH]c(=O)[nH]c4c3)nc3ccccc32)n1. The predicted octanol–water partition coefficient (Wildman–Crippen LogP) is 2.01. The number of H-pyrrole nitrogens is 2. The van der Waals surface area contributed by atoms with Crippen LogP contribution in [0.5, 0.6) is 0 Å². The van der Waals surface area contributed by atoms with Gasteiger partial charge in [-0.1, -0.05) is 12.1 Å². The smallest absolute Gasteiger partial charge is 0.323 e. The van der Waals surface area contributed by atoms with Crippen molar-refractivity contribution in [1.82, 2.24) is 34.5 Å². The molecule has 10 nitrogen and oxygen atoms in total. The number of imidazole rings is 2. The van der Waals surface area contributed by atoms with Gasteiger partial charge in [0.25, 0.3) is 0 Å². The monoisotopic (exact) mass is 373 g/mol. The van der Waals surface area contributed by atoms with Crippen molar-refractivity contribution >= 4 is 39.7 Å². The van der Waals surface area contributed by atoms with E-state index in [9.17, 15) is 4.79 Å². The minimum absolute atomic E-state index is 0.137. The quantitative estimate of drug-likeness (QED) is 0.379. The number of nitrogens with two attached hydrogens (primary N) is 1. The highest BCUT2D eigenvalue weighted by atomic mass is 16.1. The van der Waals surface area contributed by atoms with Crippen molar-refractivity contribution in [3.8, 4) is 5.95 Å². The molecule has 0 saturated carbocycles. The lowest BCUT2D eigenvalue weighted by Crippen LogP contribution is -2.10. The molecule has 0 aliphatic carbocycles. The second-order valence-electron chi connectivity index (χ2n) is 6.26. The van der Waals surface area contributed by atoms with Crippen molar-refractivity contribution in [2.24, 2.45) is 0 Å². The van der Waals surface area contributed by atoms with Crippen LogP contribution in [0.2, 0.25) is 0 Å². The molecule has 2 aromatic carbocycles. The van der Waals surface area contributed by atoms with E-state index in [-0.39, 0.29) is 11.6 Å². The Balaban J connectivity index is 1.68. The van der Waals surface area contributed by atoms with Gasteiger partial charge in [-0.25, -0.2) is 14.3 Å². The average Bonchev–Trinajstić information content (AvgIpc) is 3.19. The van der Waals surface area contributed by atoms with Crippen LogP contribution in [-0.2, 0) is 0 Å².